The normalized spacial score (nSPS) is 20.1. The third-order valence-electron chi connectivity index (χ3n) is 4.77. The van der Waals surface area contributed by atoms with E-state index in [2.05, 4.69) is 10.3 Å². The maximum Gasteiger partial charge on any atom is 0.339 e. The summed E-state index contributed by atoms with van der Waals surface area (Å²) in [7, 11) is 2.92. The third-order valence-corrected chi connectivity index (χ3v) is 4.77. The first-order chi connectivity index (χ1) is 12.6. The first-order valence-electron chi connectivity index (χ1n) is 8.64. The second-order valence-electron chi connectivity index (χ2n) is 6.33. The molecule has 140 valence electrons. The molecule has 1 N–H and O–H groups in total. The van der Waals surface area contributed by atoms with Crippen molar-refractivity contribution in [2.75, 3.05) is 33.9 Å². The van der Waals surface area contributed by atoms with Gasteiger partial charge >= 0.3 is 5.97 Å². The Kier molecular flexibility index (Phi) is 5.68. The number of hydrogen-bond donors (Lipinski definition) is 1. The predicted molar refractivity (Wildman–Crippen MR) is 94.8 cm³/mol. The summed E-state index contributed by atoms with van der Waals surface area (Å²) in [5.74, 6) is -0.107. The molecule has 0 aliphatic carbocycles. The van der Waals surface area contributed by atoms with Crippen LogP contribution in [0.25, 0.3) is 10.9 Å². The average molecular weight is 362 g/mol. The van der Waals surface area contributed by atoms with Gasteiger partial charge in [-0.2, -0.15) is 0 Å². The van der Waals surface area contributed by atoms with Crippen molar-refractivity contribution in [2.24, 2.45) is 0 Å². The van der Waals surface area contributed by atoms with Crippen LogP contribution in [0.3, 0.4) is 0 Å². The van der Waals surface area contributed by atoms with E-state index in [1.54, 1.807) is 25.3 Å². The van der Waals surface area contributed by atoms with E-state index in [1.807, 2.05) is 0 Å². The number of benzene rings is 1. The topological polar surface area (TPSA) is 69.7 Å². The van der Waals surface area contributed by atoms with Crippen molar-refractivity contribution in [1.29, 1.82) is 0 Å². The maximum absolute atomic E-state index is 14.4. The Morgan fingerprint density at radius 1 is 1.42 bits per heavy atom. The molecule has 0 spiro atoms. The van der Waals surface area contributed by atoms with Crippen molar-refractivity contribution >= 4 is 16.9 Å². The van der Waals surface area contributed by atoms with E-state index >= 15 is 0 Å². The number of aryl methyl sites for hydroxylation is 1. The molecular weight excluding hydrogens is 339 g/mol. The number of ether oxygens (including phenoxy) is 3. The minimum atomic E-state index is -1.01. The van der Waals surface area contributed by atoms with Crippen LogP contribution in [0.5, 0.6) is 5.75 Å². The number of pyridine rings is 1. The van der Waals surface area contributed by atoms with Gasteiger partial charge in [-0.25, -0.2) is 9.18 Å². The molecule has 1 aromatic heterocycles. The lowest BCUT2D eigenvalue weighted by Gasteiger charge is -2.35. The summed E-state index contributed by atoms with van der Waals surface area (Å²) in [6, 6.07) is 5.39. The zero-order chi connectivity index (χ0) is 18.6. The maximum atomic E-state index is 14.4. The SMILES string of the molecule is COC(=O)C1(CCCc2c(F)cnc3ccc(OC)cc23)CNCCO1. The number of morpholine rings is 1. The number of carbonyl (C=O) groups is 1. The molecule has 1 fully saturated rings. The van der Waals surface area contributed by atoms with E-state index in [4.69, 9.17) is 14.2 Å². The molecule has 1 aliphatic rings. The van der Waals surface area contributed by atoms with Crippen LogP contribution in [0.1, 0.15) is 18.4 Å². The molecule has 1 atom stereocenters. The lowest BCUT2D eigenvalue weighted by atomic mass is 9.92. The molecule has 0 bridgehead atoms. The van der Waals surface area contributed by atoms with Crippen molar-refractivity contribution in [1.82, 2.24) is 10.3 Å². The summed E-state index contributed by atoms with van der Waals surface area (Å²) in [5, 5.41) is 3.89. The molecule has 1 aromatic carbocycles. The van der Waals surface area contributed by atoms with Gasteiger partial charge < -0.3 is 19.5 Å². The number of methoxy groups -OCH3 is 2. The highest BCUT2D eigenvalue weighted by Gasteiger charge is 2.41. The highest BCUT2D eigenvalue weighted by atomic mass is 19.1. The molecule has 0 amide bonds. The number of nitrogens with zero attached hydrogens (tertiary/aromatic N) is 1. The van der Waals surface area contributed by atoms with E-state index < -0.39 is 11.6 Å². The smallest absolute Gasteiger partial charge is 0.339 e. The summed E-state index contributed by atoms with van der Waals surface area (Å²) in [6.07, 6.45) is 2.71. The highest BCUT2D eigenvalue weighted by Crippen LogP contribution is 2.28. The van der Waals surface area contributed by atoms with Crippen LogP contribution in [0.15, 0.2) is 24.4 Å². The number of carbonyl (C=O) groups excluding carboxylic acids is 1. The predicted octanol–water partition coefficient (Wildman–Crippen LogP) is 2.24. The third kappa shape index (κ3) is 3.64. The fourth-order valence-corrected chi connectivity index (χ4v) is 3.37. The van der Waals surface area contributed by atoms with E-state index in [0.717, 1.165) is 5.39 Å². The van der Waals surface area contributed by atoms with Crippen LogP contribution in [0.4, 0.5) is 4.39 Å². The largest absolute Gasteiger partial charge is 0.497 e. The second-order valence-corrected chi connectivity index (χ2v) is 6.33. The van der Waals surface area contributed by atoms with E-state index in [-0.39, 0.29) is 5.82 Å². The Balaban J connectivity index is 1.80. The van der Waals surface area contributed by atoms with Gasteiger partial charge in [-0.05, 0) is 43.0 Å². The lowest BCUT2D eigenvalue weighted by Crippen LogP contribution is -2.55. The minimum absolute atomic E-state index is 0.361. The minimum Gasteiger partial charge on any atom is -0.497 e. The van der Waals surface area contributed by atoms with E-state index in [9.17, 15) is 9.18 Å². The lowest BCUT2D eigenvalue weighted by molar-refractivity contribution is -0.174. The molecule has 1 saturated heterocycles. The van der Waals surface area contributed by atoms with Crippen LogP contribution in [-0.2, 0) is 20.7 Å². The Morgan fingerprint density at radius 2 is 2.27 bits per heavy atom. The van der Waals surface area contributed by atoms with Crippen LogP contribution >= 0.6 is 0 Å². The first-order valence-corrected chi connectivity index (χ1v) is 8.64. The van der Waals surface area contributed by atoms with Gasteiger partial charge in [0.1, 0.15) is 11.6 Å². The monoisotopic (exact) mass is 362 g/mol. The Morgan fingerprint density at radius 3 is 2.96 bits per heavy atom. The molecule has 7 heteroatoms. The zero-order valence-electron chi connectivity index (χ0n) is 15.0. The number of hydrogen-bond acceptors (Lipinski definition) is 6. The van der Waals surface area contributed by atoms with E-state index in [1.165, 1.54) is 13.3 Å². The van der Waals surface area contributed by atoms with Crippen molar-refractivity contribution in [3.63, 3.8) is 0 Å². The Bertz CT molecular complexity index is 790. The van der Waals surface area contributed by atoms with Crippen LogP contribution < -0.4 is 10.1 Å². The van der Waals surface area contributed by atoms with Crippen molar-refractivity contribution in [2.45, 2.75) is 24.9 Å². The van der Waals surface area contributed by atoms with Crippen LogP contribution in [-0.4, -0.2) is 50.5 Å². The molecule has 0 radical (unpaired) electrons. The molecule has 2 heterocycles. The quantitative estimate of drug-likeness (QED) is 0.795. The van der Waals surface area contributed by atoms with Crippen LogP contribution in [0, 0.1) is 5.82 Å². The summed E-state index contributed by atoms with van der Waals surface area (Å²) >= 11 is 0. The molecule has 1 unspecified atom stereocenters. The second kappa shape index (κ2) is 7.97. The van der Waals surface area contributed by atoms with Gasteiger partial charge in [0.2, 0.25) is 0 Å². The average Bonchev–Trinajstić information content (AvgIpc) is 2.69. The highest BCUT2D eigenvalue weighted by molar-refractivity contribution is 5.83. The Hall–Kier alpha value is -2.25. The number of esters is 1. The van der Waals surface area contributed by atoms with E-state index in [0.29, 0.717) is 55.8 Å². The number of aromatic nitrogens is 1. The van der Waals surface area contributed by atoms with Gasteiger partial charge in [0.05, 0.1) is 32.5 Å². The molecule has 3 rings (SSSR count). The molecule has 6 nitrogen and oxygen atoms in total. The standard InChI is InChI=1S/C19H23FN2O4/c1-24-13-5-6-17-15(10-13)14(16(20)11-22-17)4-3-7-19(18(23)25-2)12-21-8-9-26-19/h5-6,10-11,21H,3-4,7-9,12H2,1-2H3. The van der Waals surface area contributed by atoms with Gasteiger partial charge in [-0.1, -0.05) is 0 Å². The molecule has 2 aromatic rings. The zero-order valence-corrected chi connectivity index (χ0v) is 15.0. The molecule has 26 heavy (non-hydrogen) atoms. The number of fused-ring (bicyclic) bond motifs is 1. The number of nitrogens with one attached hydrogen (secondary N) is 1. The Labute approximate surface area is 151 Å². The molecule has 1 aliphatic heterocycles. The van der Waals surface area contributed by atoms with Gasteiger partial charge in [-0.15, -0.1) is 0 Å². The van der Waals surface area contributed by atoms with Crippen molar-refractivity contribution < 1.29 is 23.4 Å². The van der Waals surface area contributed by atoms with Crippen LogP contribution in [0.2, 0.25) is 0 Å². The summed E-state index contributed by atoms with van der Waals surface area (Å²) in [4.78, 5) is 16.3. The molecular formula is C19H23FN2O4. The fourth-order valence-electron chi connectivity index (χ4n) is 3.37. The van der Waals surface area contributed by atoms with Gasteiger partial charge in [0.25, 0.3) is 0 Å². The number of rotatable bonds is 6. The van der Waals surface area contributed by atoms with Crippen molar-refractivity contribution in [3.05, 3.63) is 35.8 Å². The summed E-state index contributed by atoms with van der Waals surface area (Å²) in [5.41, 5.74) is 0.266. The van der Waals surface area contributed by atoms with Gasteiger partial charge in [0.15, 0.2) is 5.60 Å². The fraction of sp³-hybridized carbons (Fsp3) is 0.474. The number of halogens is 1. The first kappa shape index (κ1) is 18.5. The van der Waals surface area contributed by atoms with Gasteiger partial charge in [0, 0.05) is 18.5 Å². The van der Waals surface area contributed by atoms with Crippen molar-refractivity contribution in [3.8, 4) is 5.75 Å². The molecule has 0 saturated carbocycles. The summed E-state index contributed by atoms with van der Waals surface area (Å²) in [6.45, 7) is 1.54. The van der Waals surface area contributed by atoms with Gasteiger partial charge in [-0.3, -0.25) is 4.98 Å². The summed E-state index contributed by atoms with van der Waals surface area (Å²) < 4.78 is 30.3.